The van der Waals surface area contributed by atoms with Crippen LogP contribution in [0.4, 0.5) is 0 Å². The predicted molar refractivity (Wildman–Crippen MR) is 106 cm³/mol. The van der Waals surface area contributed by atoms with Gasteiger partial charge in [-0.05, 0) is 13.0 Å². The van der Waals surface area contributed by atoms with Crippen molar-refractivity contribution in [3.63, 3.8) is 0 Å². The Morgan fingerprint density at radius 2 is 2.07 bits per heavy atom. The zero-order valence-corrected chi connectivity index (χ0v) is 17.0. The Morgan fingerprint density at radius 3 is 2.83 bits per heavy atom. The van der Waals surface area contributed by atoms with E-state index in [1.54, 1.807) is 13.0 Å². The fourth-order valence-corrected chi connectivity index (χ4v) is 3.86. The number of para-hydroxylation sites is 1. The summed E-state index contributed by atoms with van der Waals surface area (Å²) >= 11 is 1.24. The molecule has 0 aliphatic carbocycles. The first-order valence-electron chi connectivity index (χ1n) is 9.03. The number of fused-ring (bicyclic) bond motifs is 1. The minimum Gasteiger partial charge on any atom is -0.463 e. The molecule has 29 heavy (non-hydrogen) atoms. The fraction of sp³-hybridized carbons (Fsp3) is 0.350. The summed E-state index contributed by atoms with van der Waals surface area (Å²) in [5.41, 5.74) is 1.18. The van der Waals surface area contributed by atoms with Crippen molar-refractivity contribution < 1.29 is 33.0 Å². The first kappa shape index (κ1) is 20.9. The summed E-state index contributed by atoms with van der Waals surface area (Å²) in [5, 5.41) is 1.26. The molecule has 2 heterocycles. The number of amides is 1. The molecule has 1 saturated heterocycles. The van der Waals surface area contributed by atoms with Crippen LogP contribution in [0.2, 0.25) is 0 Å². The molecule has 154 valence electrons. The van der Waals surface area contributed by atoms with Crippen LogP contribution in [0.3, 0.4) is 0 Å². The maximum atomic E-state index is 12.5. The average molecular weight is 419 g/mol. The van der Waals surface area contributed by atoms with Gasteiger partial charge >= 0.3 is 11.9 Å². The molecule has 0 radical (unpaired) electrons. The predicted octanol–water partition coefficient (Wildman–Crippen LogP) is 2.72. The van der Waals surface area contributed by atoms with Gasteiger partial charge in [-0.2, -0.15) is 0 Å². The number of esters is 2. The lowest BCUT2D eigenvalue weighted by atomic mass is 10.1. The molecule has 1 amide bonds. The molecule has 0 saturated carbocycles. The van der Waals surface area contributed by atoms with Gasteiger partial charge in [0.1, 0.15) is 12.2 Å². The van der Waals surface area contributed by atoms with E-state index in [0.29, 0.717) is 16.2 Å². The molecule has 2 aromatic rings. The molecule has 1 aromatic heterocycles. The van der Waals surface area contributed by atoms with Gasteiger partial charge in [0.05, 0.1) is 36.6 Å². The third-order valence-corrected chi connectivity index (χ3v) is 5.18. The van der Waals surface area contributed by atoms with Crippen LogP contribution in [0.15, 0.2) is 39.8 Å². The summed E-state index contributed by atoms with van der Waals surface area (Å²) in [4.78, 5) is 37.7. The van der Waals surface area contributed by atoms with Crippen LogP contribution < -0.4 is 0 Å². The molecule has 0 N–H and O–H groups in total. The topological polar surface area (TPSA) is 95.3 Å². The molecule has 0 spiro atoms. The lowest BCUT2D eigenvalue weighted by Crippen LogP contribution is -2.29. The van der Waals surface area contributed by atoms with Crippen molar-refractivity contribution in [3.8, 4) is 0 Å². The Bertz CT molecular complexity index is 949. The zero-order chi connectivity index (χ0) is 20.8. The molecule has 0 bridgehead atoms. The van der Waals surface area contributed by atoms with E-state index < -0.39 is 11.9 Å². The second kappa shape index (κ2) is 9.62. The average Bonchev–Trinajstić information content (AvgIpc) is 3.24. The van der Waals surface area contributed by atoms with E-state index in [2.05, 4.69) is 0 Å². The number of carbonyl (C=O) groups is 3. The molecule has 1 aliphatic rings. The van der Waals surface area contributed by atoms with Gasteiger partial charge in [0.25, 0.3) is 0 Å². The molecule has 0 atom stereocenters. The molecule has 8 nitrogen and oxygen atoms in total. The Morgan fingerprint density at radius 1 is 1.28 bits per heavy atom. The highest BCUT2D eigenvalue weighted by Crippen LogP contribution is 2.29. The fourth-order valence-electron chi connectivity index (χ4n) is 2.90. The summed E-state index contributed by atoms with van der Waals surface area (Å²) in [6.45, 7) is 2.24. The first-order chi connectivity index (χ1) is 14.0. The van der Waals surface area contributed by atoms with Crippen LogP contribution >= 0.6 is 11.8 Å². The molecular formula is C20H21NO7S. The van der Waals surface area contributed by atoms with Crippen LogP contribution in [0.25, 0.3) is 11.0 Å². The second-order valence-electron chi connectivity index (χ2n) is 6.04. The van der Waals surface area contributed by atoms with Crippen LogP contribution in [-0.2, 0) is 30.4 Å². The number of nitrogens with zero attached hydrogens (tertiary/aromatic N) is 1. The number of hydrogen-bond acceptors (Lipinski definition) is 8. The number of furan rings is 1. The Labute approximate surface area is 171 Å². The standard InChI is InChI=1S/C20H21NO7S/c1-3-26-18(23)10-17-21(16(22)12-29-17)8-9-27-20(24)19-14(11-25-2)13-6-4-5-7-15(13)28-19/h4-7,10H,3,8-9,11-12H2,1-2H3/b17-10-. The highest BCUT2D eigenvalue weighted by molar-refractivity contribution is 8.04. The van der Waals surface area contributed by atoms with E-state index in [1.807, 2.05) is 18.2 Å². The summed E-state index contributed by atoms with van der Waals surface area (Å²) < 4.78 is 21.0. The van der Waals surface area contributed by atoms with E-state index in [4.69, 9.17) is 18.6 Å². The number of hydrogen-bond donors (Lipinski definition) is 0. The first-order valence-corrected chi connectivity index (χ1v) is 10.0. The normalized spacial score (nSPS) is 15.3. The lowest BCUT2D eigenvalue weighted by Gasteiger charge is -2.16. The minimum absolute atomic E-state index is 0.0469. The summed E-state index contributed by atoms with van der Waals surface area (Å²) in [7, 11) is 1.53. The van der Waals surface area contributed by atoms with Crippen LogP contribution in [0, 0.1) is 0 Å². The van der Waals surface area contributed by atoms with E-state index in [-0.39, 0.29) is 43.8 Å². The third kappa shape index (κ3) is 4.80. The maximum absolute atomic E-state index is 12.5. The minimum atomic E-state index is -0.636. The molecule has 1 aliphatic heterocycles. The monoisotopic (exact) mass is 419 g/mol. The van der Waals surface area contributed by atoms with Crippen LogP contribution in [-0.4, -0.2) is 55.4 Å². The molecule has 1 fully saturated rings. The number of carbonyl (C=O) groups excluding carboxylic acids is 3. The highest BCUT2D eigenvalue weighted by atomic mass is 32.2. The SMILES string of the molecule is CCOC(=O)/C=C1\SCC(=O)N1CCOC(=O)c1oc2ccccc2c1COC. The lowest BCUT2D eigenvalue weighted by molar-refractivity contribution is -0.137. The number of benzene rings is 1. The van der Waals surface area contributed by atoms with E-state index in [9.17, 15) is 14.4 Å². The number of methoxy groups -OCH3 is 1. The second-order valence-corrected chi connectivity index (χ2v) is 7.04. The largest absolute Gasteiger partial charge is 0.463 e. The van der Waals surface area contributed by atoms with Crippen LogP contribution in [0.1, 0.15) is 23.0 Å². The van der Waals surface area contributed by atoms with Crippen molar-refractivity contribution in [1.29, 1.82) is 0 Å². The van der Waals surface area contributed by atoms with E-state index >= 15 is 0 Å². The van der Waals surface area contributed by atoms with Gasteiger partial charge in [-0.1, -0.05) is 30.0 Å². The molecule has 3 rings (SSSR count). The molecule has 0 unspecified atom stereocenters. The van der Waals surface area contributed by atoms with Gasteiger partial charge in [-0.3, -0.25) is 4.79 Å². The highest BCUT2D eigenvalue weighted by Gasteiger charge is 2.28. The number of thioether (sulfide) groups is 1. The maximum Gasteiger partial charge on any atom is 0.374 e. The van der Waals surface area contributed by atoms with Gasteiger partial charge in [0.15, 0.2) is 0 Å². The quantitative estimate of drug-likeness (QED) is 0.476. The Hall–Kier alpha value is -2.78. The van der Waals surface area contributed by atoms with Crippen molar-refractivity contribution in [2.24, 2.45) is 0 Å². The molecule has 9 heteroatoms. The zero-order valence-electron chi connectivity index (χ0n) is 16.1. The van der Waals surface area contributed by atoms with E-state index in [0.717, 1.165) is 5.39 Å². The van der Waals surface area contributed by atoms with Crippen molar-refractivity contribution in [2.45, 2.75) is 13.5 Å². The van der Waals surface area contributed by atoms with Gasteiger partial charge in [-0.15, -0.1) is 0 Å². The Kier molecular flexibility index (Phi) is 6.95. The Balaban J connectivity index is 1.66. The smallest absolute Gasteiger partial charge is 0.374 e. The van der Waals surface area contributed by atoms with Gasteiger partial charge in [0.2, 0.25) is 11.7 Å². The van der Waals surface area contributed by atoms with Crippen molar-refractivity contribution in [2.75, 3.05) is 32.6 Å². The van der Waals surface area contributed by atoms with Gasteiger partial charge in [0, 0.05) is 18.1 Å². The van der Waals surface area contributed by atoms with Crippen molar-refractivity contribution >= 4 is 40.6 Å². The number of ether oxygens (including phenoxy) is 3. The summed E-state index contributed by atoms with van der Waals surface area (Å²) in [6, 6.07) is 7.26. The van der Waals surface area contributed by atoms with Gasteiger partial charge < -0.3 is 23.5 Å². The number of rotatable bonds is 8. The third-order valence-electron chi connectivity index (χ3n) is 4.16. The van der Waals surface area contributed by atoms with Crippen molar-refractivity contribution in [1.82, 2.24) is 4.90 Å². The van der Waals surface area contributed by atoms with Gasteiger partial charge in [-0.25, -0.2) is 9.59 Å². The molecule has 1 aromatic carbocycles. The van der Waals surface area contributed by atoms with E-state index in [1.165, 1.54) is 29.8 Å². The van der Waals surface area contributed by atoms with Crippen molar-refractivity contribution in [3.05, 3.63) is 46.7 Å². The molecular weight excluding hydrogens is 398 g/mol. The summed E-state index contributed by atoms with van der Waals surface area (Å²) in [6.07, 6.45) is 1.27. The summed E-state index contributed by atoms with van der Waals surface area (Å²) in [5.74, 6) is -1.01. The van der Waals surface area contributed by atoms with Crippen LogP contribution in [0.5, 0.6) is 0 Å².